The molecule has 3 atom stereocenters. The molecule has 0 radical (unpaired) electrons. The summed E-state index contributed by atoms with van der Waals surface area (Å²) in [6, 6.07) is 4.41. The largest absolute Gasteiger partial charge is 0.573 e. The Balaban J connectivity index is 1.68. The fourth-order valence-electron chi connectivity index (χ4n) is 4.40. The Morgan fingerprint density at radius 1 is 1.38 bits per heavy atom. The van der Waals surface area contributed by atoms with Crippen LogP contribution in [0, 0.1) is 18.8 Å². The molecule has 0 bridgehead atoms. The zero-order chi connectivity index (χ0) is 21.4. The third kappa shape index (κ3) is 4.43. The molecule has 2 amide bonds. The van der Waals surface area contributed by atoms with Gasteiger partial charge in [0.1, 0.15) is 5.75 Å². The monoisotopic (exact) mass is 414 g/mol. The number of piperidine rings is 1. The first kappa shape index (κ1) is 21.3. The number of carbonyl (C=O) groups is 2. The number of methoxy groups -OCH3 is 1. The number of hydrogen-bond acceptors (Lipinski definition) is 4. The Hall–Kier alpha value is -2.45. The van der Waals surface area contributed by atoms with Gasteiger partial charge < -0.3 is 19.7 Å². The lowest BCUT2D eigenvalue weighted by atomic mass is 9.90. The first-order valence-corrected chi connectivity index (χ1v) is 9.57. The highest BCUT2D eigenvalue weighted by Gasteiger charge is 2.62. The van der Waals surface area contributed by atoms with Gasteiger partial charge >= 0.3 is 12.5 Å². The van der Waals surface area contributed by atoms with Gasteiger partial charge in [0.2, 0.25) is 5.91 Å². The number of fused-ring (bicyclic) bond motifs is 1. The molecule has 1 heterocycles. The molecule has 3 unspecified atom stereocenters. The highest BCUT2D eigenvalue weighted by molar-refractivity contribution is 5.81. The molecule has 9 heteroatoms. The number of ether oxygens (including phenoxy) is 2. The molecule has 1 N–H and O–H groups in total. The smallest absolute Gasteiger partial charge is 0.453 e. The molecule has 0 aromatic heterocycles. The quantitative estimate of drug-likeness (QED) is 0.775. The number of alkyl halides is 3. The molecule has 1 aromatic carbocycles. The van der Waals surface area contributed by atoms with Crippen LogP contribution in [-0.2, 0) is 14.9 Å². The van der Waals surface area contributed by atoms with Crippen molar-refractivity contribution in [2.24, 2.45) is 11.8 Å². The minimum Gasteiger partial charge on any atom is -0.453 e. The van der Waals surface area contributed by atoms with Gasteiger partial charge in [-0.3, -0.25) is 4.79 Å². The molecule has 1 aromatic rings. The summed E-state index contributed by atoms with van der Waals surface area (Å²) < 4.78 is 45.9. The van der Waals surface area contributed by atoms with E-state index in [1.807, 2.05) is 6.92 Å². The molecule has 160 valence electrons. The number of hydrogen-bond donors (Lipinski definition) is 1. The van der Waals surface area contributed by atoms with E-state index in [0.29, 0.717) is 25.4 Å². The minimum absolute atomic E-state index is 0.0230. The maximum absolute atomic E-state index is 12.9. The average Bonchev–Trinajstić information content (AvgIpc) is 3.21. The first-order chi connectivity index (χ1) is 13.6. The summed E-state index contributed by atoms with van der Waals surface area (Å²) in [5, 5.41) is 2.57. The predicted octanol–water partition coefficient (Wildman–Crippen LogP) is 3.38. The zero-order valence-electron chi connectivity index (χ0n) is 16.6. The zero-order valence-corrected chi connectivity index (χ0v) is 16.6. The minimum atomic E-state index is -4.72. The van der Waals surface area contributed by atoms with Gasteiger partial charge in [-0.1, -0.05) is 13.0 Å². The van der Waals surface area contributed by atoms with Crippen molar-refractivity contribution in [2.45, 2.75) is 38.5 Å². The first-order valence-electron chi connectivity index (χ1n) is 9.57. The summed E-state index contributed by atoms with van der Waals surface area (Å²) in [6.07, 6.45) is -3.81. The van der Waals surface area contributed by atoms with E-state index in [1.54, 1.807) is 17.9 Å². The summed E-state index contributed by atoms with van der Waals surface area (Å²) >= 11 is 0. The Morgan fingerprint density at radius 3 is 2.69 bits per heavy atom. The second-order valence-corrected chi connectivity index (χ2v) is 7.78. The van der Waals surface area contributed by atoms with Crippen molar-refractivity contribution >= 4 is 12.0 Å². The summed E-state index contributed by atoms with van der Waals surface area (Å²) in [4.78, 5) is 26.0. The number of halogens is 3. The number of nitrogens with zero attached hydrogens (tertiary/aromatic N) is 1. The van der Waals surface area contributed by atoms with Crippen LogP contribution in [0.15, 0.2) is 18.2 Å². The Morgan fingerprint density at radius 2 is 2.10 bits per heavy atom. The van der Waals surface area contributed by atoms with Crippen LogP contribution in [0.1, 0.15) is 30.9 Å². The van der Waals surface area contributed by atoms with Gasteiger partial charge in [-0.15, -0.1) is 13.2 Å². The number of rotatable bonds is 6. The molecule has 2 fully saturated rings. The summed E-state index contributed by atoms with van der Waals surface area (Å²) in [5.41, 5.74) is 1.49. The summed E-state index contributed by atoms with van der Waals surface area (Å²) in [6.45, 7) is 5.01. The van der Waals surface area contributed by atoms with Gasteiger partial charge in [-0.05, 0) is 48.9 Å². The number of likely N-dealkylation sites (tertiary alicyclic amines) is 1. The van der Waals surface area contributed by atoms with Crippen molar-refractivity contribution < 1.29 is 32.2 Å². The molecule has 1 saturated carbocycles. The molecule has 1 saturated heterocycles. The lowest BCUT2D eigenvalue weighted by Gasteiger charge is -2.26. The number of benzene rings is 1. The summed E-state index contributed by atoms with van der Waals surface area (Å²) in [5.74, 6) is -0.304. The second kappa shape index (κ2) is 7.76. The number of alkyl carbamates (subject to hydrolysis) is 1. The van der Waals surface area contributed by atoms with E-state index in [9.17, 15) is 22.8 Å². The standard InChI is InChI=1S/C20H25F3N2O4/c1-4-13(9-24-18(27)28-3)17(26)25-10-14-8-19(14,11-25)16-6-5-15(7-12(16)2)29-20(21,22)23/h5-7,13-14H,4,8-11H2,1-3H3,(H,24,27). The van der Waals surface area contributed by atoms with Crippen LogP contribution in [0.25, 0.3) is 0 Å². The van der Waals surface area contributed by atoms with Gasteiger partial charge in [-0.25, -0.2) is 4.79 Å². The fraction of sp³-hybridized carbons (Fsp3) is 0.600. The van der Waals surface area contributed by atoms with Crippen LogP contribution in [0.3, 0.4) is 0 Å². The van der Waals surface area contributed by atoms with E-state index in [0.717, 1.165) is 17.5 Å². The molecule has 1 aliphatic carbocycles. The maximum Gasteiger partial charge on any atom is 0.573 e. The van der Waals surface area contributed by atoms with Gasteiger partial charge in [0.05, 0.1) is 13.0 Å². The summed E-state index contributed by atoms with van der Waals surface area (Å²) in [7, 11) is 1.27. The molecular weight excluding hydrogens is 389 g/mol. The lowest BCUT2D eigenvalue weighted by Crippen LogP contribution is -2.42. The van der Waals surface area contributed by atoms with Crippen molar-refractivity contribution in [3.05, 3.63) is 29.3 Å². The number of aryl methyl sites for hydroxylation is 1. The highest BCUT2D eigenvalue weighted by Crippen LogP contribution is 2.60. The van der Waals surface area contributed by atoms with E-state index < -0.39 is 12.5 Å². The van der Waals surface area contributed by atoms with Crippen LogP contribution in [0.4, 0.5) is 18.0 Å². The SMILES string of the molecule is CCC(CNC(=O)OC)C(=O)N1CC2CC2(c2ccc(OC(F)(F)F)cc2C)C1. The van der Waals surface area contributed by atoms with Crippen LogP contribution in [-0.4, -0.2) is 50.0 Å². The van der Waals surface area contributed by atoms with E-state index in [4.69, 9.17) is 0 Å². The van der Waals surface area contributed by atoms with Crippen LogP contribution in [0.5, 0.6) is 5.75 Å². The molecule has 29 heavy (non-hydrogen) atoms. The third-order valence-corrected chi connectivity index (χ3v) is 5.95. The molecule has 1 aliphatic heterocycles. The third-order valence-electron chi connectivity index (χ3n) is 5.95. The van der Waals surface area contributed by atoms with Crippen LogP contribution >= 0.6 is 0 Å². The van der Waals surface area contributed by atoms with Crippen molar-refractivity contribution in [1.29, 1.82) is 0 Å². The topological polar surface area (TPSA) is 67.9 Å². The van der Waals surface area contributed by atoms with Crippen LogP contribution in [0.2, 0.25) is 0 Å². The van der Waals surface area contributed by atoms with Gasteiger partial charge in [-0.2, -0.15) is 0 Å². The van der Waals surface area contributed by atoms with Gasteiger partial charge in [0.15, 0.2) is 0 Å². The maximum atomic E-state index is 12.9. The van der Waals surface area contributed by atoms with Gasteiger partial charge in [0, 0.05) is 25.0 Å². The normalized spacial score (nSPS) is 23.9. The Labute approximate surface area is 167 Å². The van der Waals surface area contributed by atoms with E-state index >= 15 is 0 Å². The Bertz CT molecular complexity index is 798. The van der Waals surface area contributed by atoms with Crippen molar-refractivity contribution in [2.75, 3.05) is 26.7 Å². The fourth-order valence-corrected chi connectivity index (χ4v) is 4.40. The molecule has 6 nitrogen and oxygen atoms in total. The van der Waals surface area contributed by atoms with Gasteiger partial charge in [0.25, 0.3) is 0 Å². The van der Waals surface area contributed by atoms with E-state index in [1.165, 1.54) is 19.2 Å². The second-order valence-electron chi connectivity index (χ2n) is 7.78. The average molecular weight is 414 g/mol. The number of nitrogens with one attached hydrogen (secondary N) is 1. The van der Waals surface area contributed by atoms with E-state index in [-0.39, 0.29) is 29.5 Å². The Kier molecular flexibility index (Phi) is 5.69. The number of carbonyl (C=O) groups excluding carboxylic acids is 2. The van der Waals surface area contributed by atoms with Crippen LogP contribution < -0.4 is 10.1 Å². The predicted molar refractivity (Wildman–Crippen MR) is 98.4 cm³/mol. The lowest BCUT2D eigenvalue weighted by molar-refractivity contribution is -0.274. The van der Waals surface area contributed by atoms with E-state index in [2.05, 4.69) is 14.8 Å². The van der Waals surface area contributed by atoms with Crippen molar-refractivity contribution in [3.63, 3.8) is 0 Å². The van der Waals surface area contributed by atoms with Crippen molar-refractivity contribution in [1.82, 2.24) is 10.2 Å². The molecule has 0 spiro atoms. The molecular formula is C20H25F3N2O4. The number of amides is 2. The van der Waals surface area contributed by atoms with Crippen molar-refractivity contribution in [3.8, 4) is 5.75 Å². The molecule has 2 aliphatic rings. The molecule has 3 rings (SSSR count). The highest BCUT2D eigenvalue weighted by atomic mass is 19.4.